The van der Waals surface area contributed by atoms with Crippen molar-refractivity contribution in [2.45, 2.75) is 18.4 Å². The topological polar surface area (TPSA) is 81.2 Å². The van der Waals surface area contributed by atoms with E-state index in [-0.39, 0.29) is 23.2 Å². The van der Waals surface area contributed by atoms with E-state index in [2.05, 4.69) is 30.6 Å². The van der Waals surface area contributed by atoms with Crippen LogP contribution in [0.1, 0.15) is 11.1 Å². The van der Waals surface area contributed by atoms with E-state index in [0.29, 0.717) is 9.63 Å². The van der Waals surface area contributed by atoms with Crippen molar-refractivity contribution in [2.24, 2.45) is 0 Å². The molecule has 6 nitrogen and oxygen atoms in total. The molecule has 0 aliphatic heterocycles. The highest BCUT2D eigenvalue weighted by molar-refractivity contribution is 9.10. The van der Waals surface area contributed by atoms with Gasteiger partial charge in [0.25, 0.3) is 15.9 Å². The first kappa shape index (κ1) is 19.6. The van der Waals surface area contributed by atoms with E-state index in [1.165, 1.54) is 18.3 Å². The van der Waals surface area contributed by atoms with Crippen molar-refractivity contribution in [1.29, 1.82) is 0 Å². The van der Waals surface area contributed by atoms with Crippen molar-refractivity contribution in [3.05, 3.63) is 75.5 Å². The van der Waals surface area contributed by atoms with Crippen molar-refractivity contribution in [3.8, 4) is 5.88 Å². The first-order valence-electron chi connectivity index (χ1n) is 7.83. The van der Waals surface area contributed by atoms with Crippen molar-refractivity contribution in [1.82, 2.24) is 9.97 Å². The Hall–Kier alpha value is -2.16. The van der Waals surface area contributed by atoms with Gasteiger partial charge in [0.2, 0.25) is 5.82 Å². The summed E-state index contributed by atoms with van der Waals surface area (Å²) in [6.45, 7) is 2.04. The number of aryl methyl sites for hydroxylation is 1. The Morgan fingerprint density at radius 3 is 2.63 bits per heavy atom. The summed E-state index contributed by atoms with van der Waals surface area (Å²) in [5.41, 5.74) is 1.78. The van der Waals surface area contributed by atoms with E-state index < -0.39 is 10.0 Å². The minimum atomic E-state index is -3.82. The molecule has 0 atom stereocenters. The van der Waals surface area contributed by atoms with E-state index in [4.69, 9.17) is 16.3 Å². The van der Waals surface area contributed by atoms with Crippen LogP contribution >= 0.6 is 27.5 Å². The number of sulfonamides is 1. The lowest BCUT2D eigenvalue weighted by molar-refractivity contribution is 0.294. The molecule has 0 unspecified atom stereocenters. The smallest absolute Gasteiger partial charge is 0.263 e. The van der Waals surface area contributed by atoms with Crippen LogP contribution in [0, 0.1) is 6.92 Å². The molecule has 0 aliphatic carbocycles. The monoisotopic (exact) mass is 467 g/mol. The number of benzene rings is 2. The van der Waals surface area contributed by atoms with Crippen LogP contribution in [0.5, 0.6) is 5.88 Å². The summed E-state index contributed by atoms with van der Waals surface area (Å²) in [6, 6.07) is 13.6. The second-order valence-corrected chi connectivity index (χ2v) is 8.61. The van der Waals surface area contributed by atoms with Gasteiger partial charge in [-0.2, -0.15) is 0 Å². The van der Waals surface area contributed by atoms with Crippen LogP contribution in [0.2, 0.25) is 5.02 Å². The normalized spacial score (nSPS) is 11.2. The largest absolute Gasteiger partial charge is 0.470 e. The van der Waals surface area contributed by atoms with Crippen molar-refractivity contribution >= 4 is 43.4 Å². The number of nitrogens with one attached hydrogen (secondary N) is 1. The lowest BCUT2D eigenvalue weighted by Crippen LogP contribution is -2.15. The van der Waals surface area contributed by atoms with Gasteiger partial charge in [-0.15, -0.1) is 0 Å². The summed E-state index contributed by atoms with van der Waals surface area (Å²) in [7, 11) is -3.82. The quantitative estimate of drug-likeness (QED) is 0.573. The highest BCUT2D eigenvalue weighted by atomic mass is 79.9. The Morgan fingerprint density at radius 1 is 1.19 bits per heavy atom. The number of halogens is 2. The Bertz CT molecular complexity index is 1060. The molecule has 3 aromatic rings. The van der Waals surface area contributed by atoms with Crippen LogP contribution in [0.25, 0.3) is 0 Å². The summed E-state index contributed by atoms with van der Waals surface area (Å²) < 4.78 is 33.7. The number of hydrogen-bond acceptors (Lipinski definition) is 5. The first-order chi connectivity index (χ1) is 12.8. The van der Waals surface area contributed by atoms with Crippen LogP contribution in [-0.2, 0) is 16.6 Å². The molecule has 0 bridgehead atoms. The van der Waals surface area contributed by atoms with E-state index in [0.717, 1.165) is 11.1 Å². The Labute approximate surface area is 170 Å². The predicted octanol–water partition coefficient (Wildman–Crippen LogP) is 4.58. The van der Waals surface area contributed by atoms with Gasteiger partial charge in [-0.1, -0.05) is 41.4 Å². The van der Waals surface area contributed by atoms with Crippen LogP contribution in [0.15, 0.2) is 64.2 Å². The van der Waals surface area contributed by atoms with Gasteiger partial charge >= 0.3 is 0 Å². The minimum Gasteiger partial charge on any atom is -0.470 e. The molecule has 27 heavy (non-hydrogen) atoms. The summed E-state index contributed by atoms with van der Waals surface area (Å²) in [5.74, 6) is 0.0563. The average molecular weight is 469 g/mol. The zero-order valence-corrected chi connectivity index (χ0v) is 17.3. The average Bonchev–Trinajstić information content (AvgIpc) is 2.62. The third kappa shape index (κ3) is 5.18. The standard InChI is InChI=1S/C18H15BrClN3O3S/c1-12-5-7-15(8-6-12)27(24,25)23-17-18(22-16(19)10-21-17)26-11-13-3-2-4-14(20)9-13/h2-10H,11H2,1H3,(H,21,23). The second-order valence-electron chi connectivity index (χ2n) is 5.68. The molecule has 9 heteroatoms. The maximum absolute atomic E-state index is 12.6. The third-order valence-corrected chi connectivity index (χ3v) is 5.51. The third-order valence-electron chi connectivity index (χ3n) is 3.54. The molecule has 1 aromatic heterocycles. The molecule has 0 spiro atoms. The summed E-state index contributed by atoms with van der Waals surface area (Å²) >= 11 is 9.18. The highest BCUT2D eigenvalue weighted by Gasteiger charge is 2.19. The molecule has 0 aliphatic rings. The van der Waals surface area contributed by atoms with Gasteiger partial charge in [0, 0.05) is 5.02 Å². The van der Waals surface area contributed by atoms with Gasteiger partial charge in [-0.25, -0.2) is 18.4 Å². The molecule has 3 rings (SSSR count). The zero-order chi connectivity index (χ0) is 19.4. The van der Waals surface area contributed by atoms with Gasteiger partial charge in [-0.3, -0.25) is 4.72 Å². The first-order valence-corrected chi connectivity index (χ1v) is 10.5. The fourth-order valence-electron chi connectivity index (χ4n) is 2.20. The van der Waals surface area contributed by atoms with Gasteiger partial charge in [0.05, 0.1) is 11.1 Å². The molecule has 0 fully saturated rings. The van der Waals surface area contributed by atoms with Gasteiger partial charge in [-0.05, 0) is 52.7 Å². The zero-order valence-electron chi connectivity index (χ0n) is 14.2. The van der Waals surface area contributed by atoms with Crippen LogP contribution in [0.4, 0.5) is 5.82 Å². The van der Waals surface area contributed by atoms with Crippen LogP contribution < -0.4 is 9.46 Å². The Kier molecular flexibility index (Phi) is 5.98. The lowest BCUT2D eigenvalue weighted by Gasteiger charge is -2.12. The second kappa shape index (κ2) is 8.24. The number of rotatable bonds is 6. The Morgan fingerprint density at radius 2 is 1.93 bits per heavy atom. The molecule has 0 saturated heterocycles. The van der Waals surface area contributed by atoms with Gasteiger partial charge in [0.1, 0.15) is 11.2 Å². The number of anilines is 1. The minimum absolute atomic E-state index is 0.000744. The summed E-state index contributed by atoms with van der Waals surface area (Å²) in [4.78, 5) is 8.38. The molecule has 1 heterocycles. The Balaban J connectivity index is 1.84. The maximum Gasteiger partial charge on any atom is 0.263 e. The highest BCUT2D eigenvalue weighted by Crippen LogP contribution is 2.25. The van der Waals surface area contributed by atoms with E-state index in [1.54, 1.807) is 30.3 Å². The fourth-order valence-corrected chi connectivity index (χ4v) is 3.69. The van der Waals surface area contributed by atoms with Crippen molar-refractivity contribution < 1.29 is 13.2 Å². The van der Waals surface area contributed by atoms with Crippen molar-refractivity contribution in [2.75, 3.05) is 4.72 Å². The molecule has 140 valence electrons. The van der Waals surface area contributed by atoms with E-state index >= 15 is 0 Å². The lowest BCUT2D eigenvalue weighted by atomic mass is 10.2. The number of ether oxygens (including phenoxy) is 1. The summed E-state index contributed by atoms with van der Waals surface area (Å²) in [5, 5.41) is 0.580. The molecular formula is C18H15BrClN3O3S. The van der Waals surface area contributed by atoms with E-state index in [9.17, 15) is 8.42 Å². The SMILES string of the molecule is Cc1ccc(S(=O)(=O)Nc2ncc(Br)nc2OCc2cccc(Cl)c2)cc1. The van der Waals surface area contributed by atoms with Crippen molar-refractivity contribution in [3.63, 3.8) is 0 Å². The van der Waals surface area contributed by atoms with E-state index in [1.807, 2.05) is 13.0 Å². The molecule has 0 amide bonds. The number of aromatic nitrogens is 2. The number of nitrogens with zero attached hydrogens (tertiary/aromatic N) is 2. The number of hydrogen-bond donors (Lipinski definition) is 1. The predicted molar refractivity (Wildman–Crippen MR) is 108 cm³/mol. The van der Waals surface area contributed by atoms with Crippen LogP contribution in [-0.4, -0.2) is 18.4 Å². The molecule has 0 radical (unpaired) electrons. The van der Waals surface area contributed by atoms with Gasteiger partial charge in [0.15, 0.2) is 0 Å². The maximum atomic E-state index is 12.6. The molecule has 2 aromatic carbocycles. The fraction of sp³-hybridized carbons (Fsp3) is 0.111. The van der Waals surface area contributed by atoms with Gasteiger partial charge < -0.3 is 4.74 Å². The molecular weight excluding hydrogens is 454 g/mol. The summed E-state index contributed by atoms with van der Waals surface area (Å²) in [6.07, 6.45) is 1.39. The molecule has 0 saturated carbocycles. The molecule has 1 N–H and O–H groups in total. The van der Waals surface area contributed by atoms with Crippen LogP contribution in [0.3, 0.4) is 0 Å².